The number of nitrogens with zero attached hydrogens (tertiary/aromatic N) is 2. The molecule has 0 aliphatic carbocycles. The summed E-state index contributed by atoms with van der Waals surface area (Å²) in [7, 11) is 0. The monoisotopic (exact) mass is 250 g/mol. The molecule has 2 rings (SSSR count). The molecule has 4 nitrogen and oxygen atoms in total. The molecule has 0 unspecified atom stereocenters. The summed E-state index contributed by atoms with van der Waals surface area (Å²) in [5.74, 6) is -0.240. The Morgan fingerprint density at radius 3 is 2.88 bits per heavy atom. The normalized spacial score (nSPS) is 10.5. The van der Waals surface area contributed by atoms with E-state index < -0.39 is 5.97 Å². The zero-order valence-corrected chi connectivity index (χ0v) is 9.98. The number of hydrogen-bond donors (Lipinski definition) is 1. The maximum absolute atomic E-state index is 10.6. The maximum Gasteiger partial charge on any atom is 0.307 e. The van der Waals surface area contributed by atoms with E-state index in [1.165, 1.54) is 6.20 Å². The predicted octanol–water partition coefficient (Wildman–Crippen LogP) is 2.46. The molecule has 0 amide bonds. The number of halogens is 1. The quantitative estimate of drug-likeness (QED) is 0.910. The fourth-order valence-electron chi connectivity index (χ4n) is 1.53. The van der Waals surface area contributed by atoms with Crippen molar-refractivity contribution >= 4 is 17.6 Å². The number of carboxylic acids is 1. The van der Waals surface area contributed by atoms with Crippen LogP contribution >= 0.6 is 11.6 Å². The highest BCUT2D eigenvalue weighted by molar-refractivity contribution is 6.31. The third-order valence-corrected chi connectivity index (χ3v) is 2.71. The zero-order chi connectivity index (χ0) is 12.4. The predicted molar refractivity (Wildman–Crippen MR) is 64.7 cm³/mol. The van der Waals surface area contributed by atoms with Crippen LogP contribution in [0, 0.1) is 6.92 Å². The molecule has 2 aromatic heterocycles. The van der Waals surface area contributed by atoms with Gasteiger partial charge in [0.2, 0.25) is 0 Å². The van der Waals surface area contributed by atoms with Crippen molar-refractivity contribution in [3.63, 3.8) is 0 Å². The van der Waals surface area contributed by atoms with Gasteiger partial charge in [0.05, 0.1) is 6.42 Å². The van der Waals surface area contributed by atoms with Crippen LogP contribution in [-0.2, 0) is 11.2 Å². The molecule has 17 heavy (non-hydrogen) atoms. The molecule has 0 aliphatic heterocycles. The van der Waals surface area contributed by atoms with Gasteiger partial charge in [0, 0.05) is 35.2 Å². The average Bonchev–Trinajstić information content (AvgIpc) is 2.67. The van der Waals surface area contributed by atoms with E-state index in [2.05, 4.69) is 4.98 Å². The second-order valence-corrected chi connectivity index (χ2v) is 4.21. The van der Waals surface area contributed by atoms with Crippen molar-refractivity contribution in [2.75, 3.05) is 0 Å². The Morgan fingerprint density at radius 2 is 2.35 bits per heavy atom. The Labute approximate surface area is 103 Å². The standard InChI is InChI=1S/C12H11ClN2O2/c1-8-2-3-15(7-8)11-5-10(13)9(6-14-11)4-12(16)17/h2-3,5-7H,4H2,1H3,(H,16,17). The fourth-order valence-corrected chi connectivity index (χ4v) is 1.74. The van der Waals surface area contributed by atoms with E-state index in [4.69, 9.17) is 16.7 Å². The summed E-state index contributed by atoms with van der Waals surface area (Å²) >= 11 is 6.01. The van der Waals surface area contributed by atoms with Gasteiger partial charge in [-0.2, -0.15) is 0 Å². The minimum absolute atomic E-state index is 0.114. The van der Waals surface area contributed by atoms with E-state index in [9.17, 15) is 4.79 Å². The van der Waals surface area contributed by atoms with Gasteiger partial charge in [0.15, 0.2) is 0 Å². The number of pyridine rings is 1. The summed E-state index contributed by atoms with van der Waals surface area (Å²) in [6.45, 7) is 1.98. The highest BCUT2D eigenvalue weighted by atomic mass is 35.5. The third-order valence-electron chi connectivity index (χ3n) is 2.36. The second-order valence-electron chi connectivity index (χ2n) is 3.80. The Bertz CT molecular complexity index is 563. The Hall–Kier alpha value is -1.81. The average molecular weight is 251 g/mol. The van der Waals surface area contributed by atoms with Gasteiger partial charge in [-0.05, 0) is 18.6 Å². The fraction of sp³-hybridized carbons (Fsp3) is 0.167. The van der Waals surface area contributed by atoms with Crippen molar-refractivity contribution in [1.29, 1.82) is 0 Å². The molecule has 0 saturated carbocycles. The van der Waals surface area contributed by atoms with Crippen LogP contribution in [0.3, 0.4) is 0 Å². The molecule has 0 atom stereocenters. The molecule has 0 aromatic carbocycles. The molecule has 0 spiro atoms. The van der Waals surface area contributed by atoms with E-state index in [0.29, 0.717) is 16.4 Å². The lowest BCUT2D eigenvalue weighted by molar-refractivity contribution is -0.136. The Kier molecular flexibility index (Phi) is 3.15. The van der Waals surface area contributed by atoms with Crippen LogP contribution in [0.5, 0.6) is 0 Å². The summed E-state index contributed by atoms with van der Waals surface area (Å²) in [5, 5.41) is 9.11. The molecule has 88 valence electrons. The summed E-state index contributed by atoms with van der Waals surface area (Å²) in [5.41, 5.74) is 1.64. The molecular weight excluding hydrogens is 240 g/mol. The summed E-state index contributed by atoms with van der Waals surface area (Å²) < 4.78 is 1.84. The van der Waals surface area contributed by atoms with Crippen LogP contribution in [0.2, 0.25) is 5.02 Å². The molecule has 2 heterocycles. The van der Waals surface area contributed by atoms with E-state index in [1.807, 2.05) is 30.0 Å². The largest absolute Gasteiger partial charge is 0.481 e. The topological polar surface area (TPSA) is 55.1 Å². The number of carbonyl (C=O) groups is 1. The van der Waals surface area contributed by atoms with E-state index in [0.717, 1.165) is 5.56 Å². The molecule has 5 heteroatoms. The Balaban J connectivity index is 2.33. The van der Waals surface area contributed by atoms with Gasteiger partial charge in [0.1, 0.15) is 5.82 Å². The van der Waals surface area contributed by atoms with Gasteiger partial charge < -0.3 is 9.67 Å². The summed E-state index contributed by atoms with van der Waals surface area (Å²) in [4.78, 5) is 14.8. The third kappa shape index (κ3) is 2.65. The molecule has 2 aromatic rings. The van der Waals surface area contributed by atoms with Gasteiger partial charge in [-0.15, -0.1) is 0 Å². The van der Waals surface area contributed by atoms with E-state index in [-0.39, 0.29) is 6.42 Å². The Morgan fingerprint density at radius 1 is 1.59 bits per heavy atom. The first kappa shape index (κ1) is 11.7. The van der Waals surface area contributed by atoms with Crippen LogP contribution in [0.25, 0.3) is 5.82 Å². The number of carboxylic acid groups (broad SMARTS) is 1. The van der Waals surface area contributed by atoms with Crippen molar-refractivity contribution in [2.45, 2.75) is 13.3 Å². The lowest BCUT2D eigenvalue weighted by Gasteiger charge is -2.05. The van der Waals surface area contributed by atoms with Crippen molar-refractivity contribution in [2.24, 2.45) is 0 Å². The smallest absolute Gasteiger partial charge is 0.307 e. The first-order valence-corrected chi connectivity index (χ1v) is 5.45. The van der Waals surface area contributed by atoms with Gasteiger partial charge >= 0.3 is 5.97 Å². The second kappa shape index (κ2) is 4.59. The molecule has 0 aliphatic rings. The van der Waals surface area contributed by atoms with Gasteiger partial charge in [-0.3, -0.25) is 4.79 Å². The highest BCUT2D eigenvalue weighted by Gasteiger charge is 2.08. The van der Waals surface area contributed by atoms with Crippen molar-refractivity contribution in [1.82, 2.24) is 9.55 Å². The van der Waals surface area contributed by atoms with Gasteiger partial charge in [-0.1, -0.05) is 11.6 Å². The number of hydrogen-bond acceptors (Lipinski definition) is 2. The van der Waals surface area contributed by atoms with Crippen molar-refractivity contribution in [3.05, 3.63) is 46.9 Å². The van der Waals surface area contributed by atoms with Crippen LogP contribution in [0.15, 0.2) is 30.7 Å². The lowest BCUT2D eigenvalue weighted by Crippen LogP contribution is -2.03. The van der Waals surface area contributed by atoms with Crippen LogP contribution in [-0.4, -0.2) is 20.6 Å². The van der Waals surface area contributed by atoms with Crippen LogP contribution in [0.1, 0.15) is 11.1 Å². The van der Waals surface area contributed by atoms with Gasteiger partial charge in [-0.25, -0.2) is 4.98 Å². The van der Waals surface area contributed by atoms with Crippen molar-refractivity contribution < 1.29 is 9.90 Å². The minimum atomic E-state index is -0.918. The first-order chi connectivity index (χ1) is 8.06. The maximum atomic E-state index is 10.6. The number of aromatic nitrogens is 2. The molecule has 0 saturated heterocycles. The van der Waals surface area contributed by atoms with E-state index >= 15 is 0 Å². The number of rotatable bonds is 3. The first-order valence-electron chi connectivity index (χ1n) is 5.07. The summed E-state index contributed by atoms with van der Waals surface area (Å²) in [6.07, 6.45) is 5.19. The van der Waals surface area contributed by atoms with E-state index in [1.54, 1.807) is 6.07 Å². The molecule has 1 N–H and O–H groups in total. The van der Waals surface area contributed by atoms with Crippen LogP contribution < -0.4 is 0 Å². The zero-order valence-electron chi connectivity index (χ0n) is 9.22. The SMILES string of the molecule is Cc1ccn(-c2cc(Cl)c(CC(=O)O)cn2)c1. The van der Waals surface area contributed by atoms with Crippen molar-refractivity contribution in [3.8, 4) is 5.82 Å². The van der Waals surface area contributed by atoms with Gasteiger partial charge in [0.25, 0.3) is 0 Å². The lowest BCUT2D eigenvalue weighted by atomic mass is 10.2. The number of aryl methyl sites for hydroxylation is 1. The molecule has 0 radical (unpaired) electrons. The number of aliphatic carboxylic acids is 1. The van der Waals surface area contributed by atoms with Crippen LogP contribution in [0.4, 0.5) is 0 Å². The molecule has 0 bridgehead atoms. The molecular formula is C12H11ClN2O2. The molecule has 0 fully saturated rings. The minimum Gasteiger partial charge on any atom is -0.481 e. The highest BCUT2D eigenvalue weighted by Crippen LogP contribution is 2.19. The summed E-state index contributed by atoms with van der Waals surface area (Å²) in [6, 6.07) is 3.63.